The number of amides is 1. The zero-order chi connectivity index (χ0) is 13.8. The van der Waals surface area contributed by atoms with E-state index in [1.165, 1.54) is 19.3 Å². The van der Waals surface area contributed by atoms with E-state index >= 15 is 0 Å². The maximum absolute atomic E-state index is 11.8. The summed E-state index contributed by atoms with van der Waals surface area (Å²) in [4.78, 5) is 18.5. The standard InChI is InChI=1S/C13H18N6O/c20-13(12-14-6-7-15-12)16-8-11-18-17-9-19(11)10-4-2-1-3-5-10/h6-7,9-10H,1-5,8H2,(H,14,15)(H,16,20). The Morgan fingerprint density at radius 3 is 3.00 bits per heavy atom. The summed E-state index contributed by atoms with van der Waals surface area (Å²) in [5.74, 6) is 0.888. The van der Waals surface area contributed by atoms with Gasteiger partial charge in [0.05, 0.1) is 6.54 Å². The van der Waals surface area contributed by atoms with Crippen LogP contribution in [-0.4, -0.2) is 30.6 Å². The first-order valence-electron chi connectivity index (χ1n) is 7.00. The fraction of sp³-hybridized carbons (Fsp3) is 0.538. The van der Waals surface area contributed by atoms with Gasteiger partial charge in [-0.1, -0.05) is 19.3 Å². The Morgan fingerprint density at radius 2 is 2.25 bits per heavy atom. The Morgan fingerprint density at radius 1 is 1.40 bits per heavy atom. The maximum atomic E-state index is 11.8. The van der Waals surface area contributed by atoms with Gasteiger partial charge in [0.1, 0.15) is 6.33 Å². The molecule has 1 aliphatic carbocycles. The number of nitrogens with one attached hydrogen (secondary N) is 2. The molecule has 0 aliphatic heterocycles. The lowest BCUT2D eigenvalue weighted by molar-refractivity contribution is 0.0939. The summed E-state index contributed by atoms with van der Waals surface area (Å²) in [7, 11) is 0. The van der Waals surface area contributed by atoms with Gasteiger partial charge in [0.25, 0.3) is 5.91 Å². The first-order valence-corrected chi connectivity index (χ1v) is 7.00. The summed E-state index contributed by atoms with van der Waals surface area (Å²) in [6.07, 6.45) is 11.1. The number of hydrogen-bond donors (Lipinski definition) is 2. The van der Waals surface area contributed by atoms with Gasteiger partial charge in [-0.15, -0.1) is 10.2 Å². The fourth-order valence-electron chi connectivity index (χ4n) is 2.69. The molecule has 2 aromatic rings. The fourth-order valence-corrected chi connectivity index (χ4v) is 2.69. The second-order valence-corrected chi connectivity index (χ2v) is 5.07. The normalized spacial score (nSPS) is 16.2. The zero-order valence-electron chi connectivity index (χ0n) is 11.2. The van der Waals surface area contributed by atoms with Crippen molar-refractivity contribution in [2.75, 3.05) is 0 Å². The highest BCUT2D eigenvalue weighted by Crippen LogP contribution is 2.28. The molecule has 3 rings (SSSR count). The van der Waals surface area contributed by atoms with Crippen molar-refractivity contribution in [1.29, 1.82) is 0 Å². The van der Waals surface area contributed by atoms with Crippen molar-refractivity contribution in [1.82, 2.24) is 30.0 Å². The molecule has 2 heterocycles. The van der Waals surface area contributed by atoms with Gasteiger partial charge < -0.3 is 14.9 Å². The van der Waals surface area contributed by atoms with Crippen molar-refractivity contribution < 1.29 is 4.79 Å². The van der Waals surface area contributed by atoms with Gasteiger partial charge in [0.15, 0.2) is 11.6 Å². The van der Waals surface area contributed by atoms with E-state index in [0.717, 1.165) is 18.7 Å². The van der Waals surface area contributed by atoms with Crippen LogP contribution < -0.4 is 5.32 Å². The van der Waals surface area contributed by atoms with E-state index in [1.807, 2.05) is 0 Å². The predicted molar refractivity (Wildman–Crippen MR) is 71.9 cm³/mol. The first-order chi connectivity index (χ1) is 9.84. The Bertz CT molecular complexity index is 555. The quantitative estimate of drug-likeness (QED) is 0.883. The monoisotopic (exact) mass is 274 g/mol. The molecule has 1 fully saturated rings. The van der Waals surface area contributed by atoms with Crippen LogP contribution >= 0.6 is 0 Å². The van der Waals surface area contributed by atoms with E-state index in [0.29, 0.717) is 18.4 Å². The van der Waals surface area contributed by atoms with E-state index in [4.69, 9.17) is 0 Å². The number of carbonyl (C=O) groups is 1. The van der Waals surface area contributed by atoms with Crippen LogP contribution in [0.2, 0.25) is 0 Å². The van der Waals surface area contributed by atoms with Crippen LogP contribution in [0, 0.1) is 0 Å². The summed E-state index contributed by atoms with van der Waals surface area (Å²) < 4.78 is 2.10. The Hall–Kier alpha value is -2.18. The molecule has 2 N–H and O–H groups in total. The van der Waals surface area contributed by atoms with Gasteiger partial charge in [-0.2, -0.15) is 0 Å². The number of rotatable bonds is 4. The van der Waals surface area contributed by atoms with E-state index in [9.17, 15) is 4.79 Å². The largest absolute Gasteiger partial charge is 0.342 e. The lowest BCUT2D eigenvalue weighted by Gasteiger charge is -2.23. The van der Waals surface area contributed by atoms with Crippen LogP contribution in [-0.2, 0) is 6.54 Å². The molecule has 2 aromatic heterocycles. The van der Waals surface area contributed by atoms with Crippen molar-refractivity contribution >= 4 is 5.91 Å². The molecule has 1 aliphatic rings. The molecular formula is C13H18N6O. The molecule has 1 saturated carbocycles. The number of imidazole rings is 1. The average Bonchev–Trinajstić information content (AvgIpc) is 3.17. The molecule has 0 spiro atoms. The van der Waals surface area contributed by atoms with Crippen molar-refractivity contribution in [3.8, 4) is 0 Å². The topological polar surface area (TPSA) is 88.5 Å². The number of aromatic nitrogens is 5. The Labute approximate surface area is 116 Å². The third-order valence-electron chi connectivity index (χ3n) is 3.74. The minimum atomic E-state index is -0.229. The van der Waals surface area contributed by atoms with Crippen molar-refractivity contribution in [3.63, 3.8) is 0 Å². The van der Waals surface area contributed by atoms with Crippen LogP contribution in [0.5, 0.6) is 0 Å². The SMILES string of the molecule is O=C(NCc1nncn1C1CCCCC1)c1ncc[nH]1. The van der Waals surface area contributed by atoms with Crippen LogP contribution in [0.15, 0.2) is 18.7 Å². The summed E-state index contributed by atoms with van der Waals surface area (Å²) in [6, 6.07) is 0.467. The van der Waals surface area contributed by atoms with Gasteiger partial charge in [-0.3, -0.25) is 4.79 Å². The Kier molecular flexibility index (Phi) is 3.76. The maximum Gasteiger partial charge on any atom is 0.287 e. The number of hydrogen-bond acceptors (Lipinski definition) is 4. The number of aromatic amines is 1. The number of H-pyrrole nitrogens is 1. The molecule has 20 heavy (non-hydrogen) atoms. The molecule has 0 radical (unpaired) electrons. The summed E-state index contributed by atoms with van der Waals surface area (Å²) in [5, 5.41) is 10.9. The first kappa shape index (κ1) is 12.8. The summed E-state index contributed by atoms with van der Waals surface area (Å²) in [6.45, 7) is 0.371. The number of nitrogens with zero attached hydrogens (tertiary/aromatic N) is 4. The summed E-state index contributed by atoms with van der Waals surface area (Å²) >= 11 is 0. The van der Waals surface area contributed by atoms with Crippen molar-refractivity contribution in [3.05, 3.63) is 30.4 Å². The number of carbonyl (C=O) groups excluding carboxylic acids is 1. The lowest BCUT2D eigenvalue weighted by Crippen LogP contribution is -2.26. The van der Waals surface area contributed by atoms with Gasteiger partial charge in [0, 0.05) is 18.4 Å². The molecule has 7 heteroatoms. The molecule has 0 saturated heterocycles. The van der Waals surface area contributed by atoms with Crippen LogP contribution in [0.1, 0.15) is 54.6 Å². The molecule has 0 bridgehead atoms. The van der Waals surface area contributed by atoms with Crippen molar-refractivity contribution in [2.24, 2.45) is 0 Å². The van der Waals surface area contributed by atoms with E-state index in [1.54, 1.807) is 18.7 Å². The molecule has 7 nitrogen and oxygen atoms in total. The third-order valence-corrected chi connectivity index (χ3v) is 3.74. The minimum absolute atomic E-state index is 0.229. The highest BCUT2D eigenvalue weighted by Gasteiger charge is 2.19. The smallest absolute Gasteiger partial charge is 0.287 e. The molecule has 0 aromatic carbocycles. The molecule has 1 amide bonds. The highest BCUT2D eigenvalue weighted by molar-refractivity contribution is 5.90. The second kappa shape index (κ2) is 5.85. The second-order valence-electron chi connectivity index (χ2n) is 5.07. The highest BCUT2D eigenvalue weighted by atomic mass is 16.2. The summed E-state index contributed by atoms with van der Waals surface area (Å²) in [5.41, 5.74) is 0. The van der Waals surface area contributed by atoms with E-state index < -0.39 is 0 Å². The van der Waals surface area contributed by atoms with Gasteiger partial charge >= 0.3 is 0 Å². The third kappa shape index (κ3) is 2.71. The zero-order valence-corrected chi connectivity index (χ0v) is 11.2. The minimum Gasteiger partial charge on any atom is -0.342 e. The molecule has 0 atom stereocenters. The van der Waals surface area contributed by atoms with Gasteiger partial charge in [0.2, 0.25) is 0 Å². The van der Waals surface area contributed by atoms with Crippen molar-refractivity contribution in [2.45, 2.75) is 44.7 Å². The lowest BCUT2D eigenvalue weighted by atomic mass is 9.95. The van der Waals surface area contributed by atoms with E-state index in [2.05, 4.69) is 30.0 Å². The predicted octanol–water partition coefficient (Wildman–Crippen LogP) is 1.44. The van der Waals surface area contributed by atoms with Gasteiger partial charge in [-0.05, 0) is 12.8 Å². The average molecular weight is 274 g/mol. The van der Waals surface area contributed by atoms with Gasteiger partial charge in [-0.25, -0.2) is 4.98 Å². The van der Waals surface area contributed by atoms with E-state index in [-0.39, 0.29) is 5.91 Å². The van der Waals surface area contributed by atoms with Crippen LogP contribution in [0.4, 0.5) is 0 Å². The molecule has 0 unspecified atom stereocenters. The Balaban J connectivity index is 1.63. The molecule has 106 valence electrons. The van der Waals surface area contributed by atoms with Crippen LogP contribution in [0.25, 0.3) is 0 Å². The van der Waals surface area contributed by atoms with Crippen LogP contribution in [0.3, 0.4) is 0 Å². The molecular weight excluding hydrogens is 256 g/mol.